The molecule has 2 unspecified atom stereocenters. The summed E-state index contributed by atoms with van der Waals surface area (Å²) >= 11 is 0. The summed E-state index contributed by atoms with van der Waals surface area (Å²) in [6, 6.07) is 7.55. The number of hydrogen-bond donors (Lipinski definition) is 3. The van der Waals surface area contributed by atoms with E-state index in [0.29, 0.717) is 18.7 Å². The maximum atomic E-state index is 12.0. The van der Waals surface area contributed by atoms with Gasteiger partial charge in [-0.3, -0.25) is 4.79 Å². The largest absolute Gasteiger partial charge is 0.393 e. The molecule has 1 aliphatic carbocycles. The van der Waals surface area contributed by atoms with Crippen molar-refractivity contribution in [3.8, 4) is 0 Å². The van der Waals surface area contributed by atoms with Crippen LogP contribution in [0.5, 0.6) is 0 Å². The van der Waals surface area contributed by atoms with Crippen LogP contribution in [0.1, 0.15) is 41.6 Å². The Bertz CT molecular complexity index is 431. The van der Waals surface area contributed by atoms with Gasteiger partial charge in [0.1, 0.15) is 0 Å². The molecule has 1 amide bonds. The van der Waals surface area contributed by atoms with Gasteiger partial charge in [-0.25, -0.2) is 0 Å². The maximum Gasteiger partial charge on any atom is 0.251 e. The first-order chi connectivity index (χ1) is 9.70. The highest BCUT2D eigenvalue weighted by molar-refractivity contribution is 5.94. The fraction of sp³-hybridized carbons (Fsp3) is 0.562. The van der Waals surface area contributed by atoms with E-state index in [2.05, 4.69) is 5.32 Å². The summed E-state index contributed by atoms with van der Waals surface area (Å²) in [6.07, 6.45) is 4.65. The van der Waals surface area contributed by atoms with Gasteiger partial charge in [0.2, 0.25) is 0 Å². The number of nitrogens with one attached hydrogen (secondary N) is 1. The van der Waals surface area contributed by atoms with Gasteiger partial charge in [0.25, 0.3) is 5.91 Å². The van der Waals surface area contributed by atoms with Crippen molar-refractivity contribution >= 4 is 5.91 Å². The highest BCUT2D eigenvalue weighted by Crippen LogP contribution is 2.23. The van der Waals surface area contributed by atoms with Crippen LogP contribution in [-0.2, 0) is 6.42 Å². The first-order valence-electron chi connectivity index (χ1n) is 7.46. The summed E-state index contributed by atoms with van der Waals surface area (Å²) < 4.78 is 0. The van der Waals surface area contributed by atoms with Gasteiger partial charge in [0.05, 0.1) is 6.10 Å². The molecule has 1 aliphatic rings. The number of amides is 1. The lowest BCUT2D eigenvalue weighted by molar-refractivity contribution is 0.0663. The lowest BCUT2D eigenvalue weighted by Gasteiger charge is -2.27. The van der Waals surface area contributed by atoms with Gasteiger partial charge >= 0.3 is 0 Å². The molecule has 2 atom stereocenters. The van der Waals surface area contributed by atoms with Gasteiger partial charge in [-0.05, 0) is 43.5 Å². The molecular weight excluding hydrogens is 252 g/mol. The Labute approximate surface area is 120 Å². The third-order valence-electron chi connectivity index (χ3n) is 4.04. The van der Waals surface area contributed by atoms with E-state index in [4.69, 9.17) is 5.73 Å². The zero-order chi connectivity index (χ0) is 14.4. The van der Waals surface area contributed by atoms with E-state index in [-0.39, 0.29) is 17.9 Å². The van der Waals surface area contributed by atoms with E-state index in [0.717, 1.165) is 37.7 Å². The molecule has 0 spiro atoms. The Morgan fingerprint density at radius 3 is 2.60 bits per heavy atom. The maximum absolute atomic E-state index is 12.0. The fourth-order valence-corrected chi connectivity index (χ4v) is 2.74. The first kappa shape index (κ1) is 15.0. The van der Waals surface area contributed by atoms with Crippen molar-refractivity contribution < 1.29 is 9.90 Å². The van der Waals surface area contributed by atoms with Crippen molar-refractivity contribution in [1.82, 2.24) is 5.32 Å². The number of rotatable bonds is 5. The second-order valence-corrected chi connectivity index (χ2v) is 5.56. The Morgan fingerprint density at radius 2 is 1.95 bits per heavy atom. The first-order valence-corrected chi connectivity index (χ1v) is 7.46. The van der Waals surface area contributed by atoms with Crippen LogP contribution in [0.4, 0.5) is 0 Å². The predicted octanol–water partition coefficient (Wildman–Crippen LogP) is 1.47. The summed E-state index contributed by atoms with van der Waals surface area (Å²) in [6.45, 7) is 1.18. The molecule has 1 aromatic rings. The van der Waals surface area contributed by atoms with Gasteiger partial charge < -0.3 is 16.2 Å². The molecule has 0 radical (unpaired) electrons. The van der Waals surface area contributed by atoms with E-state index < -0.39 is 0 Å². The smallest absolute Gasteiger partial charge is 0.251 e. The third kappa shape index (κ3) is 4.05. The molecule has 4 N–H and O–H groups in total. The molecule has 4 nitrogen and oxygen atoms in total. The number of aliphatic hydroxyl groups is 1. The van der Waals surface area contributed by atoms with Crippen LogP contribution in [0.3, 0.4) is 0 Å². The molecule has 0 heterocycles. The van der Waals surface area contributed by atoms with Gasteiger partial charge in [-0.15, -0.1) is 0 Å². The van der Waals surface area contributed by atoms with Crippen molar-refractivity contribution in [3.05, 3.63) is 35.4 Å². The zero-order valence-electron chi connectivity index (χ0n) is 11.8. The zero-order valence-corrected chi connectivity index (χ0v) is 11.8. The molecule has 1 saturated carbocycles. The number of aliphatic hydroxyl groups excluding tert-OH is 1. The summed E-state index contributed by atoms with van der Waals surface area (Å²) in [7, 11) is 0. The van der Waals surface area contributed by atoms with E-state index in [9.17, 15) is 9.90 Å². The number of nitrogens with two attached hydrogens (primary N) is 1. The number of carbonyl (C=O) groups excluding carboxylic acids is 1. The Balaban J connectivity index is 1.84. The third-order valence-corrected chi connectivity index (χ3v) is 4.04. The van der Waals surface area contributed by atoms with Crippen LogP contribution in [0.15, 0.2) is 24.3 Å². The Morgan fingerprint density at radius 1 is 1.25 bits per heavy atom. The van der Waals surface area contributed by atoms with Crippen molar-refractivity contribution in [2.24, 2.45) is 11.7 Å². The minimum atomic E-state index is -0.268. The van der Waals surface area contributed by atoms with Crippen LogP contribution in [0.25, 0.3) is 0 Å². The fourth-order valence-electron chi connectivity index (χ4n) is 2.74. The van der Waals surface area contributed by atoms with Gasteiger partial charge in [-0.1, -0.05) is 25.0 Å². The molecule has 0 aromatic heterocycles. The number of carbonyl (C=O) groups is 1. The summed E-state index contributed by atoms with van der Waals surface area (Å²) in [5.74, 6) is 0.131. The van der Waals surface area contributed by atoms with Crippen LogP contribution in [0.2, 0.25) is 0 Å². The van der Waals surface area contributed by atoms with E-state index in [1.165, 1.54) is 0 Å². The van der Waals surface area contributed by atoms with Gasteiger partial charge in [0, 0.05) is 18.0 Å². The minimum absolute atomic E-state index is 0.0675. The number of hydrogen-bond acceptors (Lipinski definition) is 3. The molecule has 0 aliphatic heterocycles. The SMILES string of the molecule is NCCc1ccc(C(=O)NCC2CCCCC2O)cc1. The Kier molecular flexibility index (Phi) is 5.56. The molecule has 4 heteroatoms. The second kappa shape index (κ2) is 7.41. The molecule has 0 bridgehead atoms. The highest BCUT2D eigenvalue weighted by atomic mass is 16.3. The van der Waals surface area contributed by atoms with Crippen molar-refractivity contribution in [2.45, 2.75) is 38.2 Å². The summed E-state index contributed by atoms with van der Waals surface area (Å²) in [5.41, 5.74) is 7.31. The summed E-state index contributed by atoms with van der Waals surface area (Å²) in [5, 5.41) is 12.8. The lowest BCUT2D eigenvalue weighted by atomic mass is 9.86. The van der Waals surface area contributed by atoms with E-state index in [1.807, 2.05) is 24.3 Å². The molecule has 2 rings (SSSR count). The van der Waals surface area contributed by atoms with Crippen LogP contribution in [0, 0.1) is 5.92 Å². The average molecular weight is 276 g/mol. The lowest BCUT2D eigenvalue weighted by Crippen LogP contribution is -2.36. The van der Waals surface area contributed by atoms with Gasteiger partial charge in [-0.2, -0.15) is 0 Å². The van der Waals surface area contributed by atoms with E-state index >= 15 is 0 Å². The summed E-state index contributed by atoms with van der Waals surface area (Å²) in [4.78, 5) is 12.0. The second-order valence-electron chi connectivity index (χ2n) is 5.56. The molecular formula is C16H24N2O2. The predicted molar refractivity (Wildman–Crippen MR) is 79.5 cm³/mol. The van der Waals surface area contributed by atoms with Crippen LogP contribution in [-0.4, -0.2) is 30.2 Å². The monoisotopic (exact) mass is 276 g/mol. The molecule has 1 fully saturated rings. The van der Waals surface area contributed by atoms with Crippen LogP contribution < -0.4 is 11.1 Å². The minimum Gasteiger partial charge on any atom is -0.393 e. The Hall–Kier alpha value is -1.39. The molecule has 1 aromatic carbocycles. The van der Waals surface area contributed by atoms with E-state index in [1.54, 1.807) is 0 Å². The number of benzene rings is 1. The quantitative estimate of drug-likeness (QED) is 0.762. The van der Waals surface area contributed by atoms with Crippen LogP contribution >= 0.6 is 0 Å². The normalized spacial score (nSPS) is 22.5. The van der Waals surface area contributed by atoms with Crippen molar-refractivity contribution in [1.29, 1.82) is 0 Å². The molecule has 20 heavy (non-hydrogen) atoms. The highest BCUT2D eigenvalue weighted by Gasteiger charge is 2.23. The molecule has 110 valence electrons. The standard InChI is InChI=1S/C16H24N2O2/c17-10-9-12-5-7-13(8-6-12)16(20)18-11-14-3-1-2-4-15(14)19/h5-8,14-15,19H,1-4,9-11,17H2,(H,18,20). The molecule has 0 saturated heterocycles. The van der Waals surface area contributed by atoms with Crippen molar-refractivity contribution in [2.75, 3.05) is 13.1 Å². The topological polar surface area (TPSA) is 75.4 Å². The van der Waals surface area contributed by atoms with Gasteiger partial charge in [0.15, 0.2) is 0 Å². The van der Waals surface area contributed by atoms with Crippen molar-refractivity contribution in [3.63, 3.8) is 0 Å². The average Bonchev–Trinajstić information content (AvgIpc) is 2.47.